The molecule has 148 valence electrons. The molecular weight excluding hydrogens is 380 g/mol. The molecule has 0 spiro atoms. The number of nitrogens with one attached hydrogen (secondary N) is 1. The van der Waals surface area contributed by atoms with Gasteiger partial charge in [-0.1, -0.05) is 17.3 Å². The maximum absolute atomic E-state index is 12.5. The fourth-order valence-corrected chi connectivity index (χ4v) is 3.67. The number of carbonyl (C=O) groups is 3. The van der Waals surface area contributed by atoms with Crippen LogP contribution in [0.5, 0.6) is 0 Å². The van der Waals surface area contributed by atoms with Crippen LogP contribution in [0.25, 0.3) is 0 Å². The number of thioether (sulfide) groups is 1. The van der Waals surface area contributed by atoms with E-state index in [-0.39, 0.29) is 23.2 Å². The third-order valence-corrected chi connectivity index (χ3v) is 5.32. The lowest BCUT2D eigenvalue weighted by molar-refractivity contribution is -0.143. The van der Waals surface area contributed by atoms with Crippen LogP contribution in [0.3, 0.4) is 0 Å². The van der Waals surface area contributed by atoms with Gasteiger partial charge in [0.15, 0.2) is 11.9 Å². The Morgan fingerprint density at radius 3 is 2.75 bits per heavy atom. The van der Waals surface area contributed by atoms with Crippen LogP contribution in [0, 0.1) is 6.92 Å². The highest BCUT2D eigenvalue weighted by atomic mass is 32.2. The molecule has 0 fully saturated rings. The molecule has 0 bridgehead atoms. The highest BCUT2D eigenvalue weighted by Crippen LogP contribution is 2.23. The first-order valence-corrected chi connectivity index (χ1v) is 10.2. The number of esters is 1. The number of aryl methyl sites for hydroxylation is 3. The zero-order valence-corrected chi connectivity index (χ0v) is 16.6. The minimum atomic E-state index is -0.862. The van der Waals surface area contributed by atoms with Gasteiger partial charge < -0.3 is 14.6 Å². The lowest BCUT2D eigenvalue weighted by Crippen LogP contribution is -2.26. The van der Waals surface area contributed by atoms with Crippen molar-refractivity contribution in [1.29, 1.82) is 0 Å². The Morgan fingerprint density at radius 2 is 2.00 bits per heavy atom. The fourth-order valence-electron chi connectivity index (χ4n) is 3.08. The zero-order valence-electron chi connectivity index (χ0n) is 15.8. The standard InChI is InChI=1S/C20H22N2O5S/c1-12-8-17(22-27-12)21-18(23)10-28-11-19(24)26-13(2)20(25)16-7-6-14-4-3-5-15(14)9-16/h6-9,13H,3-5,10-11H2,1-2H3,(H,21,22,23)/t13-/m0/s1. The highest BCUT2D eigenvalue weighted by Gasteiger charge is 2.21. The summed E-state index contributed by atoms with van der Waals surface area (Å²) in [6.07, 6.45) is 2.28. The van der Waals surface area contributed by atoms with E-state index in [1.54, 1.807) is 26.0 Å². The van der Waals surface area contributed by atoms with Gasteiger partial charge in [0.1, 0.15) is 5.76 Å². The number of rotatable bonds is 8. The number of nitrogens with zero attached hydrogens (tertiary/aromatic N) is 1. The van der Waals surface area contributed by atoms with Crippen LogP contribution in [0.2, 0.25) is 0 Å². The topological polar surface area (TPSA) is 98.5 Å². The van der Waals surface area contributed by atoms with Crippen LogP contribution in [-0.2, 0) is 27.2 Å². The summed E-state index contributed by atoms with van der Waals surface area (Å²) in [6.45, 7) is 3.29. The van der Waals surface area contributed by atoms with E-state index < -0.39 is 12.1 Å². The second-order valence-electron chi connectivity index (χ2n) is 6.70. The summed E-state index contributed by atoms with van der Waals surface area (Å²) in [4.78, 5) is 36.3. The van der Waals surface area contributed by atoms with E-state index in [0.717, 1.165) is 31.0 Å². The maximum atomic E-state index is 12.5. The number of aromatic nitrogens is 1. The highest BCUT2D eigenvalue weighted by molar-refractivity contribution is 8.00. The normalized spacial score (nSPS) is 13.6. The summed E-state index contributed by atoms with van der Waals surface area (Å²) >= 11 is 1.11. The number of Topliss-reactive ketones (excluding diaryl/α,β-unsaturated/α-hetero) is 1. The van der Waals surface area contributed by atoms with Crippen LogP contribution in [0.15, 0.2) is 28.8 Å². The van der Waals surface area contributed by atoms with Crippen molar-refractivity contribution in [2.75, 3.05) is 16.8 Å². The van der Waals surface area contributed by atoms with Gasteiger partial charge in [-0.05, 0) is 50.3 Å². The van der Waals surface area contributed by atoms with Crippen LogP contribution >= 0.6 is 11.8 Å². The summed E-state index contributed by atoms with van der Waals surface area (Å²) in [5.74, 6) is -0.0771. The Balaban J connectivity index is 1.41. The van der Waals surface area contributed by atoms with E-state index in [1.807, 2.05) is 12.1 Å². The van der Waals surface area contributed by atoms with E-state index in [0.29, 0.717) is 17.1 Å². The van der Waals surface area contributed by atoms with E-state index >= 15 is 0 Å². The number of anilines is 1. The fraction of sp³-hybridized carbons (Fsp3) is 0.400. The largest absolute Gasteiger partial charge is 0.454 e. The van der Waals surface area contributed by atoms with Crippen molar-refractivity contribution in [3.63, 3.8) is 0 Å². The van der Waals surface area contributed by atoms with Gasteiger partial charge in [0, 0.05) is 11.6 Å². The number of fused-ring (bicyclic) bond motifs is 1. The quantitative estimate of drug-likeness (QED) is 0.535. The van der Waals surface area contributed by atoms with Crippen LogP contribution in [0.1, 0.15) is 40.6 Å². The second kappa shape index (κ2) is 9.05. The molecule has 0 radical (unpaired) electrons. The van der Waals surface area contributed by atoms with Crippen LogP contribution in [-0.4, -0.2) is 40.4 Å². The summed E-state index contributed by atoms with van der Waals surface area (Å²) in [5.41, 5.74) is 3.06. The molecule has 1 aromatic carbocycles. The first-order chi connectivity index (χ1) is 13.4. The zero-order chi connectivity index (χ0) is 20.1. The van der Waals surface area contributed by atoms with Crippen molar-refractivity contribution in [1.82, 2.24) is 5.16 Å². The molecular formula is C20H22N2O5S. The Labute approximate surface area is 167 Å². The predicted molar refractivity (Wildman–Crippen MR) is 106 cm³/mol. The number of hydrogen-bond donors (Lipinski definition) is 1. The van der Waals surface area contributed by atoms with Gasteiger partial charge in [0.2, 0.25) is 11.7 Å². The first-order valence-electron chi connectivity index (χ1n) is 9.09. The molecule has 0 saturated heterocycles. The van der Waals surface area contributed by atoms with Gasteiger partial charge in [-0.15, -0.1) is 11.8 Å². The Kier molecular flexibility index (Phi) is 6.51. The molecule has 3 rings (SSSR count). The van der Waals surface area contributed by atoms with Gasteiger partial charge >= 0.3 is 5.97 Å². The van der Waals surface area contributed by atoms with Crippen LogP contribution < -0.4 is 5.32 Å². The number of benzene rings is 1. The molecule has 8 heteroatoms. The van der Waals surface area contributed by atoms with Gasteiger partial charge in [-0.3, -0.25) is 14.4 Å². The van der Waals surface area contributed by atoms with Crippen molar-refractivity contribution >= 4 is 35.2 Å². The van der Waals surface area contributed by atoms with Crippen molar-refractivity contribution < 1.29 is 23.6 Å². The molecule has 1 aliphatic carbocycles. The van der Waals surface area contributed by atoms with Gasteiger partial charge in [-0.2, -0.15) is 0 Å². The summed E-state index contributed by atoms with van der Waals surface area (Å²) in [5, 5.41) is 6.23. The van der Waals surface area contributed by atoms with E-state index in [9.17, 15) is 14.4 Å². The molecule has 2 aromatic rings. The minimum Gasteiger partial charge on any atom is -0.454 e. The van der Waals surface area contributed by atoms with Crippen molar-refractivity contribution in [3.05, 3.63) is 46.7 Å². The Morgan fingerprint density at radius 1 is 1.21 bits per heavy atom. The number of ketones is 1. The maximum Gasteiger partial charge on any atom is 0.316 e. The van der Waals surface area contributed by atoms with Crippen molar-refractivity contribution in [2.24, 2.45) is 0 Å². The molecule has 7 nitrogen and oxygen atoms in total. The van der Waals surface area contributed by atoms with Crippen molar-refractivity contribution in [2.45, 2.75) is 39.2 Å². The molecule has 1 aliphatic rings. The average Bonchev–Trinajstić information content (AvgIpc) is 3.28. The van der Waals surface area contributed by atoms with Crippen molar-refractivity contribution in [3.8, 4) is 0 Å². The minimum absolute atomic E-state index is 0.0208. The van der Waals surface area contributed by atoms with Gasteiger partial charge in [0.05, 0.1) is 11.5 Å². The smallest absolute Gasteiger partial charge is 0.316 e. The molecule has 0 saturated carbocycles. The number of carbonyl (C=O) groups excluding carboxylic acids is 3. The Hall–Kier alpha value is -2.61. The summed E-state index contributed by atoms with van der Waals surface area (Å²) in [7, 11) is 0. The molecule has 1 heterocycles. The number of hydrogen-bond acceptors (Lipinski definition) is 7. The molecule has 0 aliphatic heterocycles. The molecule has 1 amide bonds. The molecule has 1 atom stereocenters. The second-order valence-corrected chi connectivity index (χ2v) is 7.68. The SMILES string of the molecule is Cc1cc(NC(=O)CSCC(=O)O[C@@H](C)C(=O)c2ccc3c(c2)CCC3)no1. The van der Waals surface area contributed by atoms with E-state index in [1.165, 1.54) is 11.1 Å². The van der Waals surface area contributed by atoms with E-state index in [2.05, 4.69) is 10.5 Å². The van der Waals surface area contributed by atoms with Gasteiger partial charge in [0.25, 0.3) is 0 Å². The third kappa shape index (κ3) is 5.22. The molecule has 0 unspecified atom stereocenters. The van der Waals surface area contributed by atoms with E-state index in [4.69, 9.17) is 9.26 Å². The molecule has 1 N–H and O–H groups in total. The lowest BCUT2D eigenvalue weighted by atomic mass is 10.0. The summed E-state index contributed by atoms with van der Waals surface area (Å²) in [6, 6.07) is 7.28. The predicted octanol–water partition coefficient (Wildman–Crippen LogP) is 2.96. The lowest BCUT2D eigenvalue weighted by Gasteiger charge is -2.13. The average molecular weight is 402 g/mol. The van der Waals surface area contributed by atoms with Gasteiger partial charge in [-0.25, -0.2) is 0 Å². The molecule has 28 heavy (non-hydrogen) atoms. The van der Waals surface area contributed by atoms with Crippen LogP contribution in [0.4, 0.5) is 5.82 Å². The molecule has 1 aromatic heterocycles. The number of amides is 1. The number of ether oxygens (including phenoxy) is 1. The Bertz CT molecular complexity index is 892. The summed E-state index contributed by atoms with van der Waals surface area (Å²) < 4.78 is 10.1. The monoisotopic (exact) mass is 402 g/mol. The first kappa shape index (κ1) is 20.1. The third-order valence-electron chi connectivity index (χ3n) is 4.41.